The van der Waals surface area contributed by atoms with Gasteiger partial charge in [0, 0.05) is 5.56 Å². The number of aryl methyl sites for hydroxylation is 3. The lowest BCUT2D eigenvalue weighted by Gasteiger charge is -2.29. The van der Waals surface area contributed by atoms with E-state index in [9.17, 15) is 14.4 Å². The molecule has 0 atom stereocenters. The first-order chi connectivity index (χ1) is 14.8. The molecule has 32 heavy (non-hydrogen) atoms. The summed E-state index contributed by atoms with van der Waals surface area (Å²) in [5.41, 5.74) is 2.01. The minimum atomic E-state index is -0.847. The molecule has 0 aliphatic heterocycles. The van der Waals surface area contributed by atoms with Crippen molar-refractivity contribution >= 4 is 17.7 Å². The van der Waals surface area contributed by atoms with Gasteiger partial charge in [-0.15, -0.1) is 0 Å². The Labute approximate surface area is 191 Å². The highest BCUT2D eigenvalue weighted by Crippen LogP contribution is 2.26. The number of esters is 2. The van der Waals surface area contributed by atoms with Gasteiger partial charge < -0.3 is 9.47 Å². The molecule has 2 aromatic carbocycles. The number of rotatable bonds is 9. The van der Waals surface area contributed by atoms with E-state index in [2.05, 4.69) is 0 Å². The maximum Gasteiger partial charge on any atom is 0.380 e. The van der Waals surface area contributed by atoms with Crippen molar-refractivity contribution < 1.29 is 23.9 Å². The van der Waals surface area contributed by atoms with Gasteiger partial charge in [0.05, 0.1) is 5.56 Å². The average molecular weight is 439 g/mol. The molecular weight excluding hydrogens is 404 g/mol. The summed E-state index contributed by atoms with van der Waals surface area (Å²) in [7, 11) is 0. The summed E-state index contributed by atoms with van der Waals surface area (Å²) in [6, 6.07) is 12.6. The summed E-state index contributed by atoms with van der Waals surface area (Å²) in [6.45, 7) is 12.9. The predicted octanol–water partition coefficient (Wildman–Crippen LogP) is 5.92. The molecule has 0 radical (unpaired) electrons. The normalized spacial score (nSPS) is 11.7. The molecule has 5 nitrogen and oxygen atoms in total. The van der Waals surface area contributed by atoms with E-state index in [0.717, 1.165) is 16.7 Å². The van der Waals surface area contributed by atoms with E-state index >= 15 is 0 Å². The number of ether oxygens (including phenoxy) is 2. The Morgan fingerprint density at radius 1 is 0.781 bits per heavy atom. The van der Waals surface area contributed by atoms with Crippen LogP contribution in [-0.2, 0) is 14.3 Å². The highest BCUT2D eigenvalue weighted by molar-refractivity contribution is 6.41. The predicted molar refractivity (Wildman–Crippen MR) is 125 cm³/mol. The second-order valence-electron chi connectivity index (χ2n) is 9.62. The molecule has 5 heteroatoms. The zero-order valence-corrected chi connectivity index (χ0v) is 20.2. The fourth-order valence-corrected chi connectivity index (χ4v) is 3.86. The SMILES string of the molecule is Cc1cc(C)c(C(=O)C(=O)OC(C)(C)CCCC(C)(C)OC(=O)c2ccccc2)c(C)c1. The van der Waals surface area contributed by atoms with Crippen LogP contribution in [0.1, 0.15) is 84.4 Å². The maximum atomic E-state index is 12.7. The molecule has 0 aromatic heterocycles. The van der Waals surface area contributed by atoms with Crippen LogP contribution in [-0.4, -0.2) is 28.9 Å². The van der Waals surface area contributed by atoms with Gasteiger partial charge in [0.25, 0.3) is 5.78 Å². The molecule has 0 bridgehead atoms. The molecule has 0 saturated heterocycles. The Bertz CT molecular complexity index is 963. The van der Waals surface area contributed by atoms with Crippen LogP contribution in [0.4, 0.5) is 0 Å². The Kier molecular flexibility index (Phi) is 8.00. The van der Waals surface area contributed by atoms with Crippen molar-refractivity contribution in [2.45, 2.75) is 78.9 Å². The summed E-state index contributed by atoms with van der Waals surface area (Å²) in [4.78, 5) is 37.6. The van der Waals surface area contributed by atoms with E-state index in [0.29, 0.717) is 30.4 Å². The van der Waals surface area contributed by atoms with Crippen molar-refractivity contribution in [1.82, 2.24) is 0 Å². The summed E-state index contributed by atoms with van der Waals surface area (Å²) in [5, 5.41) is 0. The van der Waals surface area contributed by atoms with E-state index in [1.165, 1.54) is 0 Å². The Morgan fingerprint density at radius 2 is 1.28 bits per heavy atom. The van der Waals surface area contributed by atoms with Gasteiger partial charge in [0.1, 0.15) is 11.2 Å². The molecule has 0 saturated carbocycles. The van der Waals surface area contributed by atoms with Gasteiger partial charge in [-0.05, 0) is 91.0 Å². The number of hydrogen-bond donors (Lipinski definition) is 0. The smallest absolute Gasteiger partial charge is 0.380 e. The molecule has 0 unspecified atom stereocenters. The summed E-state index contributed by atoms with van der Waals surface area (Å²) in [6.07, 6.45) is 1.78. The molecule has 0 spiro atoms. The fraction of sp³-hybridized carbons (Fsp3) is 0.444. The van der Waals surface area contributed by atoms with Gasteiger partial charge in [-0.1, -0.05) is 35.9 Å². The largest absolute Gasteiger partial charge is 0.456 e. The lowest BCUT2D eigenvalue weighted by molar-refractivity contribution is -0.151. The second-order valence-corrected chi connectivity index (χ2v) is 9.62. The average Bonchev–Trinajstić information content (AvgIpc) is 2.66. The zero-order valence-electron chi connectivity index (χ0n) is 20.2. The number of Topliss-reactive ketones (excluding diaryl/α,β-unsaturated/α-hetero) is 1. The van der Waals surface area contributed by atoms with Crippen LogP contribution in [0.3, 0.4) is 0 Å². The van der Waals surface area contributed by atoms with Crippen LogP contribution < -0.4 is 0 Å². The van der Waals surface area contributed by atoms with E-state index in [1.807, 2.05) is 52.8 Å². The van der Waals surface area contributed by atoms with Gasteiger partial charge in [-0.25, -0.2) is 9.59 Å². The minimum Gasteiger partial charge on any atom is -0.456 e. The Morgan fingerprint density at radius 3 is 1.81 bits per heavy atom. The van der Waals surface area contributed by atoms with Gasteiger partial charge in [0.2, 0.25) is 0 Å². The third-order valence-corrected chi connectivity index (χ3v) is 5.39. The topological polar surface area (TPSA) is 69.7 Å². The van der Waals surface area contributed by atoms with Crippen molar-refractivity contribution in [1.29, 1.82) is 0 Å². The van der Waals surface area contributed by atoms with Crippen LogP contribution in [0, 0.1) is 20.8 Å². The summed E-state index contributed by atoms with van der Waals surface area (Å²) < 4.78 is 11.2. The van der Waals surface area contributed by atoms with Crippen LogP contribution in [0.25, 0.3) is 0 Å². The van der Waals surface area contributed by atoms with Gasteiger partial charge >= 0.3 is 11.9 Å². The van der Waals surface area contributed by atoms with Crippen molar-refractivity contribution in [2.24, 2.45) is 0 Å². The van der Waals surface area contributed by atoms with Gasteiger partial charge in [-0.3, -0.25) is 4.79 Å². The summed E-state index contributed by atoms with van der Waals surface area (Å²) >= 11 is 0. The highest BCUT2D eigenvalue weighted by Gasteiger charge is 2.31. The lowest BCUT2D eigenvalue weighted by atomic mass is 9.94. The molecule has 0 aliphatic carbocycles. The van der Waals surface area contributed by atoms with Crippen molar-refractivity contribution in [3.63, 3.8) is 0 Å². The van der Waals surface area contributed by atoms with Crippen LogP contribution >= 0.6 is 0 Å². The first-order valence-corrected chi connectivity index (χ1v) is 11.0. The maximum absolute atomic E-state index is 12.7. The zero-order chi connectivity index (χ0) is 24.1. The van der Waals surface area contributed by atoms with Gasteiger partial charge in [0.15, 0.2) is 0 Å². The van der Waals surface area contributed by atoms with Gasteiger partial charge in [-0.2, -0.15) is 0 Å². The number of hydrogen-bond acceptors (Lipinski definition) is 5. The van der Waals surface area contributed by atoms with E-state index in [1.54, 1.807) is 38.1 Å². The quantitative estimate of drug-likeness (QED) is 0.276. The fourth-order valence-electron chi connectivity index (χ4n) is 3.86. The van der Waals surface area contributed by atoms with Crippen LogP contribution in [0.5, 0.6) is 0 Å². The standard InChI is InChI=1S/C27H34O5/c1-18-16-19(2)22(20(3)17-18)23(28)25(30)32-27(6,7)15-11-14-26(4,5)31-24(29)21-12-9-8-10-13-21/h8-10,12-13,16-17H,11,14-15H2,1-7H3. The van der Waals surface area contributed by atoms with E-state index in [4.69, 9.17) is 9.47 Å². The van der Waals surface area contributed by atoms with Crippen LogP contribution in [0.2, 0.25) is 0 Å². The van der Waals surface area contributed by atoms with Crippen LogP contribution in [0.15, 0.2) is 42.5 Å². The molecule has 0 fully saturated rings. The molecule has 0 amide bonds. The first-order valence-electron chi connectivity index (χ1n) is 11.0. The Balaban J connectivity index is 1.92. The molecule has 0 N–H and O–H groups in total. The molecule has 2 rings (SSSR count). The summed E-state index contributed by atoms with van der Waals surface area (Å²) in [5.74, 6) is -1.83. The minimum absolute atomic E-state index is 0.365. The highest BCUT2D eigenvalue weighted by atomic mass is 16.6. The Hall–Kier alpha value is -2.95. The molecular formula is C27H34O5. The van der Waals surface area contributed by atoms with Crippen molar-refractivity contribution in [2.75, 3.05) is 0 Å². The molecule has 0 heterocycles. The third kappa shape index (κ3) is 7.04. The number of ketones is 1. The number of benzene rings is 2. The molecule has 172 valence electrons. The third-order valence-electron chi connectivity index (χ3n) is 5.39. The molecule has 0 aliphatic rings. The lowest BCUT2D eigenvalue weighted by Crippen LogP contribution is -2.34. The van der Waals surface area contributed by atoms with E-state index in [-0.39, 0.29) is 5.97 Å². The van der Waals surface area contributed by atoms with E-state index < -0.39 is 23.0 Å². The molecule has 2 aromatic rings. The van der Waals surface area contributed by atoms with Crippen molar-refractivity contribution in [3.05, 3.63) is 70.3 Å². The van der Waals surface area contributed by atoms with Crippen molar-refractivity contribution in [3.8, 4) is 0 Å². The second kappa shape index (κ2) is 10.1. The number of carbonyl (C=O) groups is 3. The number of carbonyl (C=O) groups excluding carboxylic acids is 3. The monoisotopic (exact) mass is 438 g/mol. The first kappa shape index (κ1) is 25.3.